The van der Waals surface area contributed by atoms with Crippen LogP contribution in [0.5, 0.6) is 0 Å². The standard InChI is InChI=1S/C8H15N5/c1-6(2)10-8(9)11-7-4-5-13(3)12-7/h4-6H,1-3H3,(H3,9,10,11,12). The molecule has 3 N–H and O–H groups in total. The van der Waals surface area contributed by atoms with E-state index in [0.717, 1.165) is 0 Å². The Hall–Kier alpha value is -1.52. The van der Waals surface area contributed by atoms with Crippen LogP contribution < -0.4 is 11.1 Å². The van der Waals surface area contributed by atoms with E-state index in [1.54, 1.807) is 4.68 Å². The fourth-order valence-electron chi connectivity index (χ4n) is 0.923. The van der Waals surface area contributed by atoms with E-state index in [0.29, 0.717) is 11.8 Å². The molecule has 0 atom stereocenters. The highest BCUT2D eigenvalue weighted by Crippen LogP contribution is 1.99. The van der Waals surface area contributed by atoms with Gasteiger partial charge in [-0.3, -0.25) is 9.67 Å². The molecule has 0 amide bonds. The summed E-state index contributed by atoms with van der Waals surface area (Å²) in [5.74, 6) is 1.11. The van der Waals surface area contributed by atoms with E-state index in [1.807, 2.05) is 33.2 Å². The van der Waals surface area contributed by atoms with Crippen molar-refractivity contribution in [3.63, 3.8) is 0 Å². The molecule has 0 aliphatic rings. The lowest BCUT2D eigenvalue weighted by molar-refractivity contribution is 0.771. The zero-order chi connectivity index (χ0) is 9.84. The molecule has 0 fully saturated rings. The van der Waals surface area contributed by atoms with Gasteiger partial charge in [0.2, 0.25) is 0 Å². The maximum absolute atomic E-state index is 5.61. The van der Waals surface area contributed by atoms with Crippen molar-refractivity contribution in [2.24, 2.45) is 17.8 Å². The van der Waals surface area contributed by atoms with Gasteiger partial charge in [0.25, 0.3) is 0 Å². The lowest BCUT2D eigenvalue weighted by Gasteiger charge is -2.03. The van der Waals surface area contributed by atoms with Crippen LogP contribution in [0.25, 0.3) is 0 Å². The highest BCUT2D eigenvalue weighted by Gasteiger charge is 1.98. The summed E-state index contributed by atoms with van der Waals surface area (Å²) < 4.78 is 1.70. The average Bonchev–Trinajstić information content (AvgIpc) is 2.33. The summed E-state index contributed by atoms with van der Waals surface area (Å²) >= 11 is 0. The number of aromatic nitrogens is 2. The maximum atomic E-state index is 5.61. The number of anilines is 1. The molecule has 0 radical (unpaired) electrons. The van der Waals surface area contributed by atoms with Gasteiger partial charge in [0, 0.05) is 25.4 Å². The molecule has 0 aromatic carbocycles. The highest BCUT2D eigenvalue weighted by atomic mass is 15.3. The summed E-state index contributed by atoms with van der Waals surface area (Å²) in [6, 6.07) is 2.03. The SMILES string of the molecule is CC(C)N=C(N)Nc1ccn(C)n1. The van der Waals surface area contributed by atoms with E-state index in [9.17, 15) is 0 Å². The van der Waals surface area contributed by atoms with Crippen molar-refractivity contribution >= 4 is 11.8 Å². The highest BCUT2D eigenvalue weighted by molar-refractivity contribution is 5.91. The number of nitrogens with zero attached hydrogens (tertiary/aromatic N) is 3. The van der Waals surface area contributed by atoms with Gasteiger partial charge in [0.15, 0.2) is 11.8 Å². The van der Waals surface area contributed by atoms with Gasteiger partial charge < -0.3 is 11.1 Å². The Morgan fingerprint density at radius 2 is 2.38 bits per heavy atom. The Balaban J connectivity index is 2.59. The largest absolute Gasteiger partial charge is 0.370 e. The van der Waals surface area contributed by atoms with Gasteiger partial charge in [0.1, 0.15) is 0 Å². The number of guanidine groups is 1. The first-order valence-electron chi connectivity index (χ1n) is 4.18. The van der Waals surface area contributed by atoms with Crippen molar-refractivity contribution in [3.8, 4) is 0 Å². The fourth-order valence-corrected chi connectivity index (χ4v) is 0.923. The summed E-state index contributed by atoms with van der Waals surface area (Å²) in [7, 11) is 1.85. The van der Waals surface area contributed by atoms with Crippen LogP contribution in [0, 0.1) is 0 Å². The predicted octanol–water partition coefficient (Wildman–Crippen LogP) is 0.555. The quantitative estimate of drug-likeness (QED) is 0.517. The van der Waals surface area contributed by atoms with Crippen LogP contribution in [0.1, 0.15) is 13.8 Å². The summed E-state index contributed by atoms with van der Waals surface area (Å²) in [5, 5.41) is 6.99. The first-order valence-corrected chi connectivity index (χ1v) is 4.18. The third kappa shape index (κ3) is 3.14. The molecule has 5 heteroatoms. The first-order chi connectivity index (χ1) is 6.08. The van der Waals surface area contributed by atoms with E-state index in [4.69, 9.17) is 5.73 Å². The van der Waals surface area contributed by atoms with Crippen molar-refractivity contribution < 1.29 is 0 Å². The summed E-state index contributed by atoms with van der Waals surface area (Å²) in [6.45, 7) is 3.93. The molecule has 1 rings (SSSR count). The van der Waals surface area contributed by atoms with Crippen molar-refractivity contribution in [2.45, 2.75) is 19.9 Å². The average molecular weight is 181 g/mol. The molecule has 72 valence electrons. The number of aliphatic imine (C=N–C) groups is 1. The van der Waals surface area contributed by atoms with Gasteiger partial charge in [-0.05, 0) is 13.8 Å². The van der Waals surface area contributed by atoms with Crippen molar-refractivity contribution in [1.29, 1.82) is 0 Å². The lowest BCUT2D eigenvalue weighted by Crippen LogP contribution is -2.24. The maximum Gasteiger partial charge on any atom is 0.194 e. The molecule has 0 aliphatic heterocycles. The van der Waals surface area contributed by atoms with Crippen LogP contribution in [-0.4, -0.2) is 21.8 Å². The van der Waals surface area contributed by atoms with E-state index < -0.39 is 0 Å². The molecule has 0 bridgehead atoms. The molecule has 5 nitrogen and oxygen atoms in total. The minimum Gasteiger partial charge on any atom is -0.370 e. The number of hydrogen-bond acceptors (Lipinski definition) is 2. The van der Waals surface area contributed by atoms with Crippen molar-refractivity contribution in [2.75, 3.05) is 5.32 Å². The van der Waals surface area contributed by atoms with Crippen molar-refractivity contribution in [1.82, 2.24) is 9.78 Å². The summed E-state index contributed by atoms with van der Waals surface area (Å²) in [5.41, 5.74) is 5.61. The smallest absolute Gasteiger partial charge is 0.194 e. The molecule has 0 spiro atoms. The molecule has 1 aromatic rings. The summed E-state index contributed by atoms with van der Waals surface area (Å²) in [4.78, 5) is 4.12. The Kier molecular flexibility index (Phi) is 2.89. The number of rotatable bonds is 2. The van der Waals surface area contributed by atoms with Crippen LogP contribution in [0.3, 0.4) is 0 Å². The third-order valence-electron chi connectivity index (χ3n) is 1.37. The Labute approximate surface area is 77.6 Å². The van der Waals surface area contributed by atoms with Gasteiger partial charge in [-0.2, -0.15) is 5.10 Å². The minimum absolute atomic E-state index is 0.191. The lowest BCUT2D eigenvalue weighted by atomic mass is 10.4. The molecule has 0 aliphatic carbocycles. The van der Waals surface area contributed by atoms with Gasteiger partial charge in [-0.25, -0.2) is 0 Å². The van der Waals surface area contributed by atoms with Gasteiger partial charge in [-0.15, -0.1) is 0 Å². The molecule has 0 saturated heterocycles. The van der Waals surface area contributed by atoms with Crippen LogP contribution in [-0.2, 0) is 7.05 Å². The van der Waals surface area contributed by atoms with Crippen molar-refractivity contribution in [3.05, 3.63) is 12.3 Å². The number of nitrogens with one attached hydrogen (secondary N) is 1. The Morgan fingerprint density at radius 1 is 1.69 bits per heavy atom. The van der Waals surface area contributed by atoms with E-state index >= 15 is 0 Å². The first kappa shape index (κ1) is 9.57. The topological polar surface area (TPSA) is 68.2 Å². The van der Waals surface area contributed by atoms with Gasteiger partial charge >= 0.3 is 0 Å². The number of hydrogen-bond donors (Lipinski definition) is 2. The predicted molar refractivity (Wildman–Crippen MR) is 53.6 cm³/mol. The minimum atomic E-state index is 0.191. The van der Waals surface area contributed by atoms with Crippen LogP contribution in [0.2, 0.25) is 0 Å². The van der Waals surface area contributed by atoms with E-state index in [2.05, 4.69) is 15.4 Å². The Morgan fingerprint density at radius 3 is 2.85 bits per heavy atom. The molecular formula is C8H15N5. The van der Waals surface area contributed by atoms with E-state index in [1.165, 1.54) is 0 Å². The Bertz CT molecular complexity index is 299. The second kappa shape index (κ2) is 3.93. The van der Waals surface area contributed by atoms with Crippen LogP contribution in [0.4, 0.5) is 5.82 Å². The molecule has 1 aromatic heterocycles. The second-order valence-corrected chi connectivity index (χ2v) is 3.11. The van der Waals surface area contributed by atoms with E-state index in [-0.39, 0.29) is 6.04 Å². The fraction of sp³-hybridized carbons (Fsp3) is 0.500. The van der Waals surface area contributed by atoms with Gasteiger partial charge in [-0.1, -0.05) is 0 Å². The molecule has 1 heterocycles. The number of aryl methyl sites for hydroxylation is 1. The third-order valence-corrected chi connectivity index (χ3v) is 1.37. The van der Waals surface area contributed by atoms with Crippen LogP contribution in [0.15, 0.2) is 17.3 Å². The zero-order valence-corrected chi connectivity index (χ0v) is 8.15. The van der Waals surface area contributed by atoms with Gasteiger partial charge in [0.05, 0.1) is 0 Å². The van der Waals surface area contributed by atoms with Crippen LogP contribution >= 0.6 is 0 Å². The summed E-state index contributed by atoms with van der Waals surface area (Å²) in [6.07, 6.45) is 1.84. The number of nitrogens with two attached hydrogens (primary N) is 1. The molecule has 0 saturated carbocycles. The molecular weight excluding hydrogens is 166 g/mol. The normalized spacial score (nSPS) is 12.2. The second-order valence-electron chi connectivity index (χ2n) is 3.11. The molecule has 13 heavy (non-hydrogen) atoms. The monoisotopic (exact) mass is 181 g/mol. The molecule has 0 unspecified atom stereocenters. The zero-order valence-electron chi connectivity index (χ0n) is 8.15.